The number of urea groups is 1. The highest BCUT2D eigenvalue weighted by atomic mass is 16.6. The minimum absolute atomic E-state index is 0.0106. The van der Waals surface area contributed by atoms with E-state index in [0.29, 0.717) is 32.3 Å². The SMILES string of the molecule is COCC1CCCN(C(=O)NCC(C)(C)c2ccc3c(c2)OCCO3)C1. The number of benzene rings is 1. The first-order valence-corrected chi connectivity index (χ1v) is 9.41. The molecule has 2 aliphatic heterocycles. The molecule has 0 radical (unpaired) electrons. The molecule has 0 aromatic heterocycles. The third kappa shape index (κ3) is 4.41. The van der Waals surface area contributed by atoms with Crippen molar-refractivity contribution in [2.45, 2.75) is 32.1 Å². The van der Waals surface area contributed by atoms with E-state index in [1.807, 2.05) is 17.0 Å². The summed E-state index contributed by atoms with van der Waals surface area (Å²) in [5.41, 5.74) is 0.922. The molecule has 1 fully saturated rings. The van der Waals surface area contributed by atoms with Crippen LogP contribution in [0.4, 0.5) is 4.79 Å². The van der Waals surface area contributed by atoms with Gasteiger partial charge < -0.3 is 24.4 Å². The maximum Gasteiger partial charge on any atom is 0.317 e. The molecule has 1 N–H and O–H groups in total. The quantitative estimate of drug-likeness (QED) is 0.875. The largest absolute Gasteiger partial charge is 0.486 e. The minimum atomic E-state index is -0.201. The van der Waals surface area contributed by atoms with Crippen LogP contribution in [0.5, 0.6) is 11.5 Å². The second-order valence-electron chi connectivity index (χ2n) is 7.81. The lowest BCUT2D eigenvalue weighted by atomic mass is 9.84. The highest BCUT2D eigenvalue weighted by Gasteiger charge is 2.27. The molecule has 144 valence electrons. The number of ether oxygens (including phenoxy) is 3. The first kappa shape index (κ1) is 18.8. The Hall–Kier alpha value is -1.95. The van der Waals surface area contributed by atoms with Gasteiger partial charge in [0.2, 0.25) is 0 Å². The van der Waals surface area contributed by atoms with E-state index in [1.165, 1.54) is 0 Å². The number of nitrogens with zero attached hydrogens (tertiary/aromatic N) is 1. The van der Waals surface area contributed by atoms with Gasteiger partial charge in [-0.3, -0.25) is 0 Å². The molecule has 6 nitrogen and oxygen atoms in total. The Balaban J connectivity index is 1.58. The molecule has 0 bridgehead atoms. The number of hydrogen-bond donors (Lipinski definition) is 1. The first-order chi connectivity index (χ1) is 12.5. The second kappa shape index (κ2) is 8.16. The molecular formula is C20H30N2O4. The van der Waals surface area contributed by atoms with Crippen LogP contribution >= 0.6 is 0 Å². The van der Waals surface area contributed by atoms with Crippen molar-refractivity contribution < 1.29 is 19.0 Å². The molecule has 1 aromatic rings. The lowest BCUT2D eigenvalue weighted by Gasteiger charge is -2.34. The molecule has 1 aromatic carbocycles. The van der Waals surface area contributed by atoms with Crippen LogP contribution in [0, 0.1) is 5.92 Å². The van der Waals surface area contributed by atoms with Gasteiger partial charge in [0.1, 0.15) is 13.2 Å². The van der Waals surface area contributed by atoms with Crippen molar-refractivity contribution in [1.82, 2.24) is 10.2 Å². The van der Waals surface area contributed by atoms with E-state index in [4.69, 9.17) is 14.2 Å². The number of carbonyl (C=O) groups is 1. The molecule has 3 rings (SSSR count). The fourth-order valence-electron chi connectivity index (χ4n) is 3.60. The summed E-state index contributed by atoms with van der Waals surface area (Å²) < 4.78 is 16.5. The van der Waals surface area contributed by atoms with Crippen LogP contribution in [0.15, 0.2) is 18.2 Å². The summed E-state index contributed by atoms with van der Waals surface area (Å²) in [6, 6.07) is 6.04. The Bertz CT molecular complexity index is 630. The van der Waals surface area contributed by atoms with Crippen LogP contribution in [0.1, 0.15) is 32.3 Å². The summed E-state index contributed by atoms with van der Waals surface area (Å²) in [5.74, 6) is 2.01. The number of hydrogen-bond acceptors (Lipinski definition) is 4. The van der Waals surface area contributed by atoms with E-state index in [0.717, 1.165) is 43.0 Å². The Morgan fingerprint density at radius 2 is 2.08 bits per heavy atom. The highest BCUT2D eigenvalue weighted by Crippen LogP contribution is 2.35. The van der Waals surface area contributed by atoms with Gasteiger partial charge in [-0.2, -0.15) is 0 Å². The lowest BCUT2D eigenvalue weighted by Crippen LogP contribution is -2.48. The minimum Gasteiger partial charge on any atom is -0.486 e. The molecule has 1 unspecified atom stereocenters. The molecule has 2 aliphatic rings. The molecule has 0 spiro atoms. The van der Waals surface area contributed by atoms with Gasteiger partial charge in [0.15, 0.2) is 11.5 Å². The van der Waals surface area contributed by atoms with Gasteiger partial charge in [-0.25, -0.2) is 4.79 Å². The third-order valence-corrected chi connectivity index (χ3v) is 5.21. The number of piperidine rings is 1. The Kier molecular flexibility index (Phi) is 5.91. The van der Waals surface area contributed by atoms with Crippen LogP contribution in [0.25, 0.3) is 0 Å². The molecule has 2 heterocycles. The van der Waals surface area contributed by atoms with Crippen molar-refractivity contribution in [3.63, 3.8) is 0 Å². The fourth-order valence-corrected chi connectivity index (χ4v) is 3.60. The lowest BCUT2D eigenvalue weighted by molar-refractivity contribution is 0.100. The number of nitrogens with one attached hydrogen (secondary N) is 1. The number of carbonyl (C=O) groups excluding carboxylic acids is 1. The molecular weight excluding hydrogens is 332 g/mol. The Morgan fingerprint density at radius 3 is 2.85 bits per heavy atom. The van der Waals surface area contributed by atoms with Crippen LogP contribution < -0.4 is 14.8 Å². The monoisotopic (exact) mass is 362 g/mol. The van der Waals surface area contributed by atoms with Crippen molar-refractivity contribution in [2.75, 3.05) is 46.6 Å². The third-order valence-electron chi connectivity index (χ3n) is 5.21. The van der Waals surface area contributed by atoms with E-state index in [-0.39, 0.29) is 11.4 Å². The Morgan fingerprint density at radius 1 is 1.31 bits per heavy atom. The zero-order chi connectivity index (χ0) is 18.6. The standard InChI is InChI=1S/C20H30N2O4/c1-20(2,16-6-7-17-18(11-16)26-10-9-25-17)14-21-19(23)22-8-4-5-15(12-22)13-24-3/h6-7,11,15H,4-5,8-10,12-14H2,1-3H3,(H,21,23). The van der Waals surface area contributed by atoms with Gasteiger partial charge in [0.05, 0.1) is 6.61 Å². The number of methoxy groups -OCH3 is 1. The zero-order valence-electron chi connectivity index (χ0n) is 16.0. The highest BCUT2D eigenvalue weighted by molar-refractivity contribution is 5.74. The maximum atomic E-state index is 12.6. The van der Waals surface area contributed by atoms with Crippen LogP contribution in [-0.2, 0) is 10.2 Å². The molecule has 2 amide bonds. The van der Waals surface area contributed by atoms with Crippen molar-refractivity contribution >= 4 is 6.03 Å². The summed E-state index contributed by atoms with van der Waals surface area (Å²) in [7, 11) is 1.72. The van der Waals surface area contributed by atoms with E-state index >= 15 is 0 Å². The molecule has 1 atom stereocenters. The average Bonchev–Trinajstić information content (AvgIpc) is 2.66. The smallest absolute Gasteiger partial charge is 0.317 e. The van der Waals surface area contributed by atoms with Crippen molar-refractivity contribution in [3.8, 4) is 11.5 Å². The summed E-state index contributed by atoms with van der Waals surface area (Å²) >= 11 is 0. The number of amides is 2. The van der Waals surface area contributed by atoms with E-state index < -0.39 is 0 Å². The van der Waals surface area contributed by atoms with E-state index in [2.05, 4.69) is 25.2 Å². The van der Waals surface area contributed by atoms with Crippen molar-refractivity contribution in [1.29, 1.82) is 0 Å². The topological polar surface area (TPSA) is 60.0 Å². The predicted molar refractivity (Wildman–Crippen MR) is 100 cm³/mol. The van der Waals surface area contributed by atoms with Gasteiger partial charge in [-0.15, -0.1) is 0 Å². The first-order valence-electron chi connectivity index (χ1n) is 9.41. The molecule has 6 heteroatoms. The van der Waals surface area contributed by atoms with E-state index in [1.54, 1.807) is 7.11 Å². The van der Waals surface area contributed by atoms with Gasteiger partial charge in [0, 0.05) is 38.1 Å². The second-order valence-corrected chi connectivity index (χ2v) is 7.81. The van der Waals surface area contributed by atoms with Crippen LogP contribution in [-0.4, -0.2) is 57.5 Å². The zero-order valence-corrected chi connectivity index (χ0v) is 16.0. The van der Waals surface area contributed by atoms with Gasteiger partial charge in [-0.05, 0) is 30.5 Å². The molecule has 26 heavy (non-hydrogen) atoms. The Labute approximate surface area is 155 Å². The number of fused-ring (bicyclic) bond motifs is 1. The average molecular weight is 362 g/mol. The summed E-state index contributed by atoms with van der Waals surface area (Å²) in [6.07, 6.45) is 2.16. The predicted octanol–water partition coefficient (Wildman–Crippen LogP) is 2.80. The van der Waals surface area contributed by atoms with Crippen molar-refractivity contribution in [2.24, 2.45) is 5.92 Å². The normalized spacial score (nSPS) is 20.0. The molecule has 0 saturated carbocycles. The number of likely N-dealkylation sites (tertiary alicyclic amines) is 1. The van der Waals surface area contributed by atoms with Crippen LogP contribution in [0.3, 0.4) is 0 Å². The van der Waals surface area contributed by atoms with Gasteiger partial charge in [0.25, 0.3) is 0 Å². The molecule has 1 saturated heterocycles. The summed E-state index contributed by atoms with van der Waals surface area (Å²) in [4.78, 5) is 14.5. The van der Waals surface area contributed by atoms with Gasteiger partial charge >= 0.3 is 6.03 Å². The van der Waals surface area contributed by atoms with Crippen LogP contribution in [0.2, 0.25) is 0 Å². The molecule has 0 aliphatic carbocycles. The van der Waals surface area contributed by atoms with Gasteiger partial charge in [-0.1, -0.05) is 19.9 Å². The van der Waals surface area contributed by atoms with Crippen molar-refractivity contribution in [3.05, 3.63) is 23.8 Å². The number of rotatable bonds is 5. The summed E-state index contributed by atoms with van der Waals surface area (Å²) in [5, 5.41) is 3.11. The maximum absolute atomic E-state index is 12.6. The fraction of sp³-hybridized carbons (Fsp3) is 0.650. The van der Waals surface area contributed by atoms with E-state index in [9.17, 15) is 4.79 Å². The summed E-state index contributed by atoms with van der Waals surface area (Å²) in [6.45, 7) is 8.28.